The summed E-state index contributed by atoms with van der Waals surface area (Å²) in [6.45, 7) is 4.45. The average Bonchev–Trinajstić information content (AvgIpc) is 3.13. The van der Waals surface area contributed by atoms with E-state index in [4.69, 9.17) is 20.8 Å². The van der Waals surface area contributed by atoms with Crippen molar-refractivity contribution < 1.29 is 13.9 Å². The molecule has 0 unspecified atom stereocenters. The topological polar surface area (TPSA) is 77.2 Å². The molecule has 6 nitrogen and oxygen atoms in total. The monoisotopic (exact) mass is 417 g/mol. The van der Waals surface area contributed by atoms with E-state index in [-0.39, 0.29) is 18.3 Å². The van der Waals surface area contributed by atoms with Gasteiger partial charge in [-0.25, -0.2) is 0 Å². The highest BCUT2D eigenvalue weighted by atomic mass is 35.5. The molecule has 1 N–H and O–H groups in total. The van der Waals surface area contributed by atoms with Gasteiger partial charge in [0.15, 0.2) is 6.61 Å². The molecule has 0 radical (unpaired) electrons. The molecular weight excluding hydrogens is 398 g/mol. The first-order valence-corrected chi connectivity index (χ1v) is 10.1. The number of carbonyl (C=O) groups excluding carboxylic acids is 1. The van der Waals surface area contributed by atoms with Crippen LogP contribution in [-0.4, -0.2) is 21.9 Å². The maximum absolute atomic E-state index is 12.0. The van der Waals surface area contributed by atoms with E-state index >= 15 is 0 Å². The molecule has 0 saturated heterocycles. The molecular formula is C20H20ClN3O3S. The van der Waals surface area contributed by atoms with Gasteiger partial charge in [-0.2, -0.15) is 0 Å². The fourth-order valence-electron chi connectivity index (χ4n) is 2.34. The van der Waals surface area contributed by atoms with Gasteiger partial charge < -0.3 is 14.5 Å². The third-order valence-electron chi connectivity index (χ3n) is 3.79. The number of halogens is 1. The highest BCUT2D eigenvalue weighted by Gasteiger charge is 2.11. The Balaban J connectivity index is 1.45. The summed E-state index contributed by atoms with van der Waals surface area (Å²) in [4.78, 5) is 12.0. The lowest BCUT2D eigenvalue weighted by molar-refractivity contribution is -0.113. The molecule has 0 saturated carbocycles. The van der Waals surface area contributed by atoms with Crippen LogP contribution in [0.4, 0.5) is 5.69 Å². The number of carbonyl (C=O) groups is 1. The number of ether oxygens (including phenoxy) is 1. The van der Waals surface area contributed by atoms with Gasteiger partial charge in [0, 0.05) is 10.7 Å². The third kappa shape index (κ3) is 6.00. The summed E-state index contributed by atoms with van der Waals surface area (Å²) in [5, 5.41) is 11.5. The minimum atomic E-state index is -0.187. The Kier molecular flexibility index (Phi) is 6.95. The summed E-state index contributed by atoms with van der Waals surface area (Å²) in [6, 6.07) is 14.9. The van der Waals surface area contributed by atoms with Crippen molar-refractivity contribution in [2.24, 2.45) is 0 Å². The second-order valence-electron chi connectivity index (χ2n) is 6.32. The number of nitrogens with one attached hydrogen (secondary N) is 1. The smallest absolute Gasteiger partial charge is 0.277 e. The third-order valence-corrected chi connectivity index (χ3v) is 4.85. The number of hydrogen-bond donors (Lipinski definition) is 1. The molecule has 0 atom stereocenters. The molecule has 0 aliphatic carbocycles. The van der Waals surface area contributed by atoms with Crippen molar-refractivity contribution in [2.45, 2.75) is 31.6 Å². The zero-order valence-corrected chi connectivity index (χ0v) is 17.1. The van der Waals surface area contributed by atoms with Crippen LogP contribution < -0.4 is 10.1 Å². The van der Waals surface area contributed by atoms with Crippen molar-refractivity contribution in [3.05, 3.63) is 65.0 Å². The number of nitrogens with zero attached hydrogens (tertiary/aromatic N) is 2. The predicted molar refractivity (Wildman–Crippen MR) is 110 cm³/mol. The number of aromatic nitrogens is 2. The van der Waals surface area contributed by atoms with Crippen LogP contribution in [0.25, 0.3) is 0 Å². The zero-order chi connectivity index (χ0) is 19.9. The van der Waals surface area contributed by atoms with Gasteiger partial charge in [-0.3, -0.25) is 4.79 Å². The normalized spacial score (nSPS) is 10.9. The number of thioether (sulfide) groups is 1. The van der Waals surface area contributed by atoms with Crippen LogP contribution in [0.1, 0.15) is 31.2 Å². The number of hydrogen-bond acceptors (Lipinski definition) is 6. The molecule has 1 aromatic heterocycles. The van der Waals surface area contributed by atoms with Crippen molar-refractivity contribution in [1.82, 2.24) is 10.2 Å². The van der Waals surface area contributed by atoms with Crippen LogP contribution in [0.3, 0.4) is 0 Å². The van der Waals surface area contributed by atoms with Crippen LogP contribution in [0.15, 0.2) is 58.2 Å². The van der Waals surface area contributed by atoms with Crippen LogP contribution in [-0.2, 0) is 11.4 Å². The van der Waals surface area contributed by atoms with Gasteiger partial charge in [-0.1, -0.05) is 55.4 Å². The summed E-state index contributed by atoms with van der Waals surface area (Å²) < 4.78 is 11.2. The Bertz CT molecular complexity index is 928. The lowest BCUT2D eigenvalue weighted by Gasteiger charge is -2.07. The second kappa shape index (κ2) is 9.61. The molecule has 3 rings (SSSR count). The van der Waals surface area contributed by atoms with Crippen LogP contribution in [0, 0.1) is 0 Å². The standard InChI is InChI=1S/C20H20ClN3O3S/c1-13(2)14-6-8-17(9-7-14)26-11-19-23-24-20(27-19)28-12-18(25)22-16-5-3-4-15(21)10-16/h3-10,13H,11-12H2,1-2H3,(H,22,25). The van der Waals surface area contributed by atoms with E-state index in [2.05, 4.69) is 29.4 Å². The van der Waals surface area contributed by atoms with Crippen molar-refractivity contribution in [1.29, 1.82) is 0 Å². The van der Waals surface area contributed by atoms with Crippen LogP contribution >= 0.6 is 23.4 Å². The number of rotatable bonds is 8. The Morgan fingerprint density at radius 3 is 2.71 bits per heavy atom. The van der Waals surface area contributed by atoms with E-state index in [9.17, 15) is 4.79 Å². The quantitative estimate of drug-likeness (QED) is 0.510. The first-order valence-electron chi connectivity index (χ1n) is 8.73. The molecule has 0 bridgehead atoms. The number of benzene rings is 2. The van der Waals surface area contributed by atoms with E-state index < -0.39 is 0 Å². The largest absolute Gasteiger partial charge is 0.484 e. The molecule has 0 aliphatic rings. The van der Waals surface area contributed by atoms with E-state index in [0.29, 0.717) is 27.7 Å². The molecule has 146 valence electrons. The maximum Gasteiger partial charge on any atom is 0.277 e. The highest BCUT2D eigenvalue weighted by Crippen LogP contribution is 2.21. The maximum atomic E-state index is 12.0. The van der Waals surface area contributed by atoms with Gasteiger partial charge in [0.1, 0.15) is 5.75 Å². The summed E-state index contributed by atoms with van der Waals surface area (Å²) in [5.74, 6) is 1.52. The van der Waals surface area contributed by atoms with Crippen LogP contribution in [0.5, 0.6) is 5.75 Å². The Hall–Kier alpha value is -2.51. The minimum Gasteiger partial charge on any atom is -0.484 e. The lowest BCUT2D eigenvalue weighted by Crippen LogP contribution is -2.13. The van der Waals surface area contributed by atoms with Crippen molar-refractivity contribution in [3.63, 3.8) is 0 Å². The average molecular weight is 418 g/mol. The first kappa shape index (κ1) is 20.2. The van der Waals surface area contributed by atoms with E-state index in [1.807, 2.05) is 24.3 Å². The van der Waals surface area contributed by atoms with Gasteiger partial charge in [-0.15, -0.1) is 10.2 Å². The summed E-state index contributed by atoms with van der Waals surface area (Å²) >= 11 is 7.06. The van der Waals surface area contributed by atoms with E-state index in [0.717, 1.165) is 17.5 Å². The molecule has 28 heavy (non-hydrogen) atoms. The summed E-state index contributed by atoms with van der Waals surface area (Å²) in [6.07, 6.45) is 0. The minimum absolute atomic E-state index is 0.145. The molecule has 2 aromatic carbocycles. The second-order valence-corrected chi connectivity index (χ2v) is 7.68. The van der Waals surface area contributed by atoms with Gasteiger partial charge in [0.2, 0.25) is 5.91 Å². The van der Waals surface area contributed by atoms with Gasteiger partial charge in [0.25, 0.3) is 11.1 Å². The number of amides is 1. The van der Waals surface area contributed by atoms with Crippen molar-refractivity contribution in [3.8, 4) is 5.75 Å². The van der Waals surface area contributed by atoms with E-state index in [1.165, 1.54) is 5.56 Å². The van der Waals surface area contributed by atoms with Crippen LogP contribution in [0.2, 0.25) is 5.02 Å². The molecule has 0 aliphatic heterocycles. The van der Waals surface area contributed by atoms with Gasteiger partial charge in [-0.05, 0) is 41.8 Å². The fourth-order valence-corrected chi connectivity index (χ4v) is 3.11. The molecule has 1 heterocycles. The molecule has 0 fully saturated rings. The Labute approximate surface area is 172 Å². The first-order chi connectivity index (χ1) is 13.5. The SMILES string of the molecule is CC(C)c1ccc(OCc2nnc(SCC(=O)Nc3cccc(Cl)c3)o2)cc1. The fraction of sp³-hybridized carbons (Fsp3) is 0.250. The molecule has 1 amide bonds. The highest BCUT2D eigenvalue weighted by molar-refractivity contribution is 7.99. The van der Waals surface area contributed by atoms with E-state index in [1.54, 1.807) is 24.3 Å². The lowest BCUT2D eigenvalue weighted by atomic mass is 10.0. The van der Waals surface area contributed by atoms with Crippen molar-refractivity contribution >= 4 is 35.0 Å². The van der Waals surface area contributed by atoms with Crippen molar-refractivity contribution in [2.75, 3.05) is 11.1 Å². The molecule has 0 spiro atoms. The molecule has 8 heteroatoms. The van der Waals surface area contributed by atoms with Gasteiger partial charge in [0.05, 0.1) is 5.75 Å². The summed E-state index contributed by atoms with van der Waals surface area (Å²) in [7, 11) is 0. The predicted octanol–water partition coefficient (Wildman–Crippen LogP) is 5.16. The Morgan fingerprint density at radius 2 is 2.00 bits per heavy atom. The zero-order valence-electron chi connectivity index (χ0n) is 15.5. The van der Waals surface area contributed by atoms with Gasteiger partial charge >= 0.3 is 0 Å². The Morgan fingerprint density at radius 1 is 1.21 bits per heavy atom. The summed E-state index contributed by atoms with van der Waals surface area (Å²) in [5.41, 5.74) is 1.89. The molecule has 3 aromatic rings. The number of anilines is 1.